The molecule has 106 valence electrons. The highest BCUT2D eigenvalue weighted by Gasteiger charge is 2.19. The van der Waals surface area contributed by atoms with Gasteiger partial charge >= 0.3 is 5.97 Å². The van der Waals surface area contributed by atoms with Crippen molar-refractivity contribution in [3.05, 3.63) is 0 Å². The minimum atomic E-state index is -1.33. The fraction of sp³-hybridized carbons (Fsp3) is 0.857. The van der Waals surface area contributed by atoms with Crippen LogP contribution in [-0.2, 0) is 9.59 Å². The lowest BCUT2D eigenvalue weighted by Crippen LogP contribution is -2.38. The van der Waals surface area contributed by atoms with Crippen LogP contribution in [0.1, 0.15) is 71.1 Å². The fourth-order valence-electron chi connectivity index (χ4n) is 1.90. The summed E-state index contributed by atoms with van der Waals surface area (Å²) in [5.41, 5.74) is 5.22. The van der Waals surface area contributed by atoms with Crippen molar-refractivity contribution in [3.8, 4) is 0 Å². The monoisotopic (exact) mass is 257 g/mol. The molecule has 0 saturated heterocycles. The standard InChI is InChI=1S/C14H27NO3/c1-2-3-4-5-6-7-8-9-10-11-12(16)13(15)14(17)18/h13H,2-11,15H2,1H3,(H,17,18). The van der Waals surface area contributed by atoms with E-state index in [1.165, 1.54) is 38.5 Å². The zero-order valence-electron chi connectivity index (χ0n) is 11.5. The van der Waals surface area contributed by atoms with Gasteiger partial charge in [-0.1, -0.05) is 58.3 Å². The van der Waals surface area contributed by atoms with Crippen LogP contribution in [0.3, 0.4) is 0 Å². The van der Waals surface area contributed by atoms with Crippen LogP contribution >= 0.6 is 0 Å². The minimum Gasteiger partial charge on any atom is -0.480 e. The Morgan fingerprint density at radius 3 is 1.83 bits per heavy atom. The molecule has 0 aliphatic heterocycles. The zero-order chi connectivity index (χ0) is 13.8. The highest BCUT2D eigenvalue weighted by atomic mass is 16.4. The number of carbonyl (C=O) groups excluding carboxylic acids is 1. The van der Waals surface area contributed by atoms with Crippen LogP contribution < -0.4 is 5.73 Å². The van der Waals surface area contributed by atoms with Gasteiger partial charge < -0.3 is 10.8 Å². The van der Waals surface area contributed by atoms with Gasteiger partial charge in [0.15, 0.2) is 11.8 Å². The third-order valence-corrected chi connectivity index (χ3v) is 3.14. The molecule has 0 spiro atoms. The Labute approximate surface area is 110 Å². The van der Waals surface area contributed by atoms with Crippen LogP contribution in [0.25, 0.3) is 0 Å². The highest BCUT2D eigenvalue weighted by molar-refractivity contribution is 6.01. The first-order valence-electron chi connectivity index (χ1n) is 7.10. The number of carboxylic acids is 1. The zero-order valence-corrected chi connectivity index (χ0v) is 11.5. The molecule has 1 atom stereocenters. The number of hydrogen-bond donors (Lipinski definition) is 2. The first-order chi connectivity index (χ1) is 8.59. The Morgan fingerprint density at radius 2 is 1.39 bits per heavy atom. The van der Waals surface area contributed by atoms with Crippen molar-refractivity contribution in [3.63, 3.8) is 0 Å². The van der Waals surface area contributed by atoms with Gasteiger partial charge in [0.05, 0.1) is 0 Å². The van der Waals surface area contributed by atoms with E-state index in [2.05, 4.69) is 6.92 Å². The third-order valence-electron chi connectivity index (χ3n) is 3.14. The fourth-order valence-corrected chi connectivity index (χ4v) is 1.90. The molecule has 0 aromatic rings. The smallest absolute Gasteiger partial charge is 0.328 e. The maximum atomic E-state index is 11.3. The molecule has 3 N–H and O–H groups in total. The molecule has 0 saturated carbocycles. The van der Waals surface area contributed by atoms with Gasteiger partial charge in [-0.25, -0.2) is 0 Å². The molecule has 0 heterocycles. The Morgan fingerprint density at radius 1 is 0.944 bits per heavy atom. The first-order valence-corrected chi connectivity index (χ1v) is 7.10. The van der Waals surface area contributed by atoms with Gasteiger partial charge in [0, 0.05) is 6.42 Å². The number of hydrogen-bond acceptors (Lipinski definition) is 3. The number of ketones is 1. The number of aliphatic carboxylic acids is 1. The van der Waals surface area contributed by atoms with Gasteiger partial charge in [-0.3, -0.25) is 9.59 Å². The Bertz CT molecular complexity index is 241. The van der Waals surface area contributed by atoms with Crippen LogP contribution in [0.2, 0.25) is 0 Å². The number of Topliss-reactive ketones (excluding diaryl/α,β-unsaturated/α-hetero) is 1. The van der Waals surface area contributed by atoms with Crippen LogP contribution in [0.4, 0.5) is 0 Å². The van der Waals surface area contributed by atoms with E-state index < -0.39 is 12.0 Å². The van der Waals surface area contributed by atoms with E-state index >= 15 is 0 Å². The topological polar surface area (TPSA) is 80.4 Å². The Kier molecular flexibility index (Phi) is 10.6. The summed E-state index contributed by atoms with van der Waals surface area (Å²) in [6.45, 7) is 2.21. The van der Waals surface area contributed by atoms with Crippen molar-refractivity contribution in [1.82, 2.24) is 0 Å². The van der Waals surface area contributed by atoms with Crippen LogP contribution in [-0.4, -0.2) is 22.9 Å². The molecule has 4 nitrogen and oxygen atoms in total. The average Bonchev–Trinajstić information content (AvgIpc) is 2.35. The summed E-state index contributed by atoms with van der Waals surface area (Å²) in [6.07, 6.45) is 10.9. The lowest BCUT2D eigenvalue weighted by Gasteiger charge is -2.05. The van der Waals surface area contributed by atoms with Crippen LogP contribution in [0, 0.1) is 0 Å². The summed E-state index contributed by atoms with van der Waals surface area (Å²) in [7, 11) is 0. The van der Waals surface area contributed by atoms with Crippen molar-refractivity contribution in [2.24, 2.45) is 5.73 Å². The second kappa shape index (κ2) is 11.2. The van der Waals surface area contributed by atoms with Crippen molar-refractivity contribution < 1.29 is 14.7 Å². The number of carboxylic acid groups (broad SMARTS) is 1. The van der Waals surface area contributed by atoms with Crippen molar-refractivity contribution >= 4 is 11.8 Å². The van der Waals surface area contributed by atoms with E-state index in [0.29, 0.717) is 6.42 Å². The molecule has 0 fully saturated rings. The second-order valence-electron chi connectivity index (χ2n) is 4.86. The molecule has 18 heavy (non-hydrogen) atoms. The van der Waals surface area contributed by atoms with Gasteiger partial charge in [-0.05, 0) is 6.42 Å². The summed E-state index contributed by atoms with van der Waals surface area (Å²) < 4.78 is 0. The summed E-state index contributed by atoms with van der Waals surface area (Å²) in [6, 6.07) is -1.33. The summed E-state index contributed by atoms with van der Waals surface area (Å²) in [5.74, 6) is -1.58. The maximum absolute atomic E-state index is 11.3. The molecule has 1 unspecified atom stereocenters. The van der Waals surface area contributed by atoms with E-state index in [4.69, 9.17) is 10.8 Å². The van der Waals surface area contributed by atoms with E-state index in [1.54, 1.807) is 0 Å². The lowest BCUT2D eigenvalue weighted by atomic mass is 10.0. The lowest BCUT2D eigenvalue weighted by molar-refractivity contribution is -0.142. The van der Waals surface area contributed by atoms with Crippen molar-refractivity contribution in [2.45, 2.75) is 77.2 Å². The van der Waals surface area contributed by atoms with Gasteiger partial charge in [0.1, 0.15) is 0 Å². The number of rotatable bonds is 12. The van der Waals surface area contributed by atoms with E-state index in [1.807, 2.05) is 0 Å². The SMILES string of the molecule is CCCCCCCCCCCC(=O)C(N)C(=O)O. The Balaban J connectivity index is 3.30. The Hall–Kier alpha value is -0.900. The second-order valence-corrected chi connectivity index (χ2v) is 4.86. The predicted molar refractivity (Wildman–Crippen MR) is 72.5 cm³/mol. The van der Waals surface area contributed by atoms with Crippen molar-refractivity contribution in [2.75, 3.05) is 0 Å². The van der Waals surface area contributed by atoms with Gasteiger partial charge in [-0.2, -0.15) is 0 Å². The molecule has 0 aromatic carbocycles. The molecule has 0 aliphatic carbocycles. The molecular formula is C14H27NO3. The molecule has 0 radical (unpaired) electrons. The molecule has 4 heteroatoms. The number of nitrogens with two attached hydrogens (primary N) is 1. The number of unbranched alkanes of at least 4 members (excludes halogenated alkanes) is 8. The normalized spacial score (nSPS) is 12.3. The molecule has 0 aliphatic rings. The third kappa shape index (κ3) is 9.16. The number of carbonyl (C=O) groups is 2. The summed E-state index contributed by atoms with van der Waals surface area (Å²) in [5, 5.41) is 8.55. The molecule has 0 amide bonds. The van der Waals surface area contributed by atoms with Gasteiger partial charge in [0.2, 0.25) is 0 Å². The van der Waals surface area contributed by atoms with E-state index in [0.717, 1.165) is 19.3 Å². The predicted octanol–water partition coefficient (Wildman–Crippen LogP) is 2.89. The van der Waals surface area contributed by atoms with Gasteiger partial charge in [-0.15, -0.1) is 0 Å². The quantitative estimate of drug-likeness (QED) is 0.416. The first kappa shape index (κ1) is 17.1. The van der Waals surface area contributed by atoms with E-state index in [-0.39, 0.29) is 5.78 Å². The average molecular weight is 257 g/mol. The molecule has 0 rings (SSSR count). The maximum Gasteiger partial charge on any atom is 0.328 e. The van der Waals surface area contributed by atoms with E-state index in [9.17, 15) is 9.59 Å². The van der Waals surface area contributed by atoms with Gasteiger partial charge in [0.25, 0.3) is 0 Å². The molecule has 0 aromatic heterocycles. The summed E-state index contributed by atoms with van der Waals surface area (Å²) >= 11 is 0. The van der Waals surface area contributed by atoms with Crippen molar-refractivity contribution in [1.29, 1.82) is 0 Å². The minimum absolute atomic E-state index is 0.295. The van der Waals surface area contributed by atoms with Crippen LogP contribution in [0.15, 0.2) is 0 Å². The summed E-state index contributed by atoms with van der Waals surface area (Å²) in [4.78, 5) is 21.7. The largest absolute Gasteiger partial charge is 0.480 e. The molecular weight excluding hydrogens is 230 g/mol. The highest BCUT2D eigenvalue weighted by Crippen LogP contribution is 2.10. The van der Waals surface area contributed by atoms with Crippen LogP contribution in [0.5, 0.6) is 0 Å². The molecule has 0 bridgehead atoms.